The number of amides is 2. The van der Waals surface area contributed by atoms with E-state index in [1.54, 1.807) is 12.1 Å². The fourth-order valence-electron chi connectivity index (χ4n) is 4.81. The molecule has 0 aromatic heterocycles. The van der Waals surface area contributed by atoms with Gasteiger partial charge in [0.1, 0.15) is 0 Å². The lowest BCUT2D eigenvalue weighted by atomic mass is 9.87. The lowest BCUT2D eigenvalue weighted by Gasteiger charge is -2.40. The molecule has 2 amide bonds. The Bertz CT molecular complexity index is 1150. The van der Waals surface area contributed by atoms with E-state index in [2.05, 4.69) is 29.3 Å². The van der Waals surface area contributed by atoms with Gasteiger partial charge >= 0.3 is 0 Å². The van der Waals surface area contributed by atoms with Crippen LogP contribution in [0.4, 0.5) is 0 Å². The summed E-state index contributed by atoms with van der Waals surface area (Å²) in [5, 5.41) is 5.95. The molecule has 4 rings (SSSR count). The highest BCUT2D eigenvalue weighted by atomic mass is 32.2. The Labute approximate surface area is 201 Å². The van der Waals surface area contributed by atoms with E-state index >= 15 is 0 Å². The maximum absolute atomic E-state index is 13.3. The highest BCUT2D eigenvalue weighted by Crippen LogP contribution is 2.40. The molecule has 2 fully saturated rings. The minimum absolute atomic E-state index is 0.0522. The van der Waals surface area contributed by atoms with Crippen LogP contribution in [0, 0.1) is 11.8 Å². The molecule has 2 aromatic carbocycles. The Morgan fingerprint density at radius 2 is 1.59 bits per heavy atom. The average Bonchev–Trinajstić information content (AvgIpc) is 3.60. The monoisotopic (exact) mass is 481 g/mol. The summed E-state index contributed by atoms with van der Waals surface area (Å²) in [4.78, 5) is 24.5. The van der Waals surface area contributed by atoms with Crippen LogP contribution >= 0.6 is 0 Å². The predicted molar refractivity (Wildman–Crippen MR) is 131 cm³/mol. The molecule has 2 aromatic rings. The Balaban J connectivity index is 1.39. The zero-order valence-corrected chi connectivity index (χ0v) is 20.3. The molecule has 0 bridgehead atoms. The number of piperidine rings is 1. The lowest BCUT2D eigenvalue weighted by Crippen LogP contribution is -2.55. The molecule has 180 valence electrons. The summed E-state index contributed by atoms with van der Waals surface area (Å²) in [7, 11) is -3.71. The summed E-state index contributed by atoms with van der Waals surface area (Å²) in [6, 6.07) is 16.2. The number of sulfonamides is 1. The number of carbonyl (C=O) groups is 2. The molecule has 4 atom stereocenters. The van der Waals surface area contributed by atoms with Crippen LogP contribution in [-0.4, -0.2) is 49.7 Å². The van der Waals surface area contributed by atoms with Crippen molar-refractivity contribution in [2.45, 2.75) is 43.2 Å². The Morgan fingerprint density at radius 1 is 0.971 bits per heavy atom. The number of nitrogens with zero attached hydrogens (tertiary/aromatic N) is 1. The fraction of sp³-hybridized carbons (Fsp3) is 0.385. The van der Waals surface area contributed by atoms with Gasteiger partial charge in [-0.2, -0.15) is 4.31 Å². The van der Waals surface area contributed by atoms with E-state index in [0.29, 0.717) is 24.6 Å². The van der Waals surface area contributed by atoms with E-state index in [4.69, 9.17) is 0 Å². The van der Waals surface area contributed by atoms with Crippen LogP contribution in [-0.2, 0) is 14.8 Å². The molecule has 34 heavy (non-hydrogen) atoms. The van der Waals surface area contributed by atoms with Gasteiger partial charge in [0, 0.05) is 36.7 Å². The topological polar surface area (TPSA) is 95.6 Å². The van der Waals surface area contributed by atoms with Crippen LogP contribution < -0.4 is 10.6 Å². The van der Waals surface area contributed by atoms with E-state index in [0.717, 1.165) is 6.42 Å². The molecule has 1 saturated heterocycles. The lowest BCUT2D eigenvalue weighted by molar-refractivity contribution is -0.118. The average molecular weight is 482 g/mol. The van der Waals surface area contributed by atoms with Gasteiger partial charge in [-0.15, -0.1) is 0 Å². The van der Waals surface area contributed by atoms with Crippen molar-refractivity contribution in [3.63, 3.8) is 0 Å². The van der Waals surface area contributed by atoms with Crippen LogP contribution in [0.2, 0.25) is 0 Å². The first-order valence-electron chi connectivity index (χ1n) is 11.6. The van der Waals surface area contributed by atoms with Gasteiger partial charge in [0.2, 0.25) is 15.9 Å². The van der Waals surface area contributed by atoms with Crippen molar-refractivity contribution >= 4 is 21.8 Å². The molecule has 1 aliphatic heterocycles. The van der Waals surface area contributed by atoms with Crippen molar-refractivity contribution in [1.29, 1.82) is 0 Å². The SMILES string of the molecule is C=CC(=O)NC1C(C)CN(S(=O)(=O)c2ccc(C(=O)N[C@@H]3CC3c3ccccc3)cc2)CC1C. The highest BCUT2D eigenvalue weighted by Gasteiger charge is 2.40. The number of hydrogen-bond donors (Lipinski definition) is 2. The summed E-state index contributed by atoms with van der Waals surface area (Å²) < 4.78 is 28.0. The van der Waals surface area contributed by atoms with Gasteiger partial charge in [-0.05, 0) is 54.2 Å². The standard InChI is InChI=1S/C26H31N3O4S/c1-4-24(30)28-25-17(2)15-29(16-18(25)3)34(32,33)21-12-10-20(11-13-21)26(31)27-23-14-22(23)19-8-6-5-7-9-19/h4-13,17-18,22-23,25H,1,14-16H2,2-3H3,(H,27,31)(H,28,30)/t17?,18?,22?,23-,25?/m1/s1. The second-order valence-corrected chi connectivity index (χ2v) is 11.3. The predicted octanol–water partition coefficient (Wildman–Crippen LogP) is 2.92. The molecular formula is C26H31N3O4S. The highest BCUT2D eigenvalue weighted by molar-refractivity contribution is 7.89. The Morgan fingerprint density at radius 3 is 2.18 bits per heavy atom. The molecule has 1 saturated carbocycles. The van der Waals surface area contributed by atoms with Crippen molar-refractivity contribution < 1.29 is 18.0 Å². The number of nitrogens with one attached hydrogen (secondary N) is 2. The molecule has 7 nitrogen and oxygen atoms in total. The van der Waals surface area contributed by atoms with Crippen molar-refractivity contribution in [2.75, 3.05) is 13.1 Å². The second-order valence-electron chi connectivity index (χ2n) is 9.37. The van der Waals surface area contributed by atoms with Crippen molar-refractivity contribution in [3.8, 4) is 0 Å². The van der Waals surface area contributed by atoms with E-state index < -0.39 is 10.0 Å². The molecule has 0 spiro atoms. The van der Waals surface area contributed by atoms with Gasteiger partial charge in [0.05, 0.1) is 4.90 Å². The normalized spacial score (nSPS) is 26.9. The molecule has 3 unspecified atom stereocenters. The van der Waals surface area contributed by atoms with Crippen LogP contribution in [0.3, 0.4) is 0 Å². The smallest absolute Gasteiger partial charge is 0.251 e. The van der Waals surface area contributed by atoms with Gasteiger partial charge in [-0.3, -0.25) is 9.59 Å². The first kappa shape index (κ1) is 24.2. The second kappa shape index (κ2) is 9.72. The quantitative estimate of drug-likeness (QED) is 0.595. The summed E-state index contributed by atoms with van der Waals surface area (Å²) in [5.41, 5.74) is 1.65. The maximum atomic E-state index is 13.3. The molecular weight excluding hydrogens is 450 g/mol. The zero-order chi connectivity index (χ0) is 24.5. The van der Waals surface area contributed by atoms with Gasteiger partial charge in [0.25, 0.3) is 5.91 Å². The third kappa shape index (κ3) is 5.08. The van der Waals surface area contributed by atoms with Gasteiger partial charge in [0.15, 0.2) is 0 Å². The first-order valence-corrected chi connectivity index (χ1v) is 13.0. The minimum atomic E-state index is -3.71. The van der Waals surface area contributed by atoms with Crippen LogP contribution in [0.1, 0.15) is 42.1 Å². The van der Waals surface area contributed by atoms with Gasteiger partial charge in [-0.25, -0.2) is 8.42 Å². The summed E-state index contributed by atoms with van der Waals surface area (Å²) in [6.07, 6.45) is 2.13. The fourth-order valence-corrected chi connectivity index (χ4v) is 6.45. The number of benzene rings is 2. The minimum Gasteiger partial charge on any atom is -0.349 e. The summed E-state index contributed by atoms with van der Waals surface area (Å²) in [5.74, 6) is -0.233. The molecule has 2 N–H and O–H groups in total. The third-order valence-corrected chi connectivity index (χ3v) is 8.64. The van der Waals surface area contributed by atoms with Crippen LogP contribution in [0.25, 0.3) is 0 Å². The summed E-state index contributed by atoms with van der Waals surface area (Å²) >= 11 is 0. The zero-order valence-electron chi connectivity index (χ0n) is 19.5. The number of carbonyl (C=O) groups excluding carboxylic acids is 2. The van der Waals surface area contributed by atoms with E-state index in [1.807, 2.05) is 32.0 Å². The molecule has 8 heteroatoms. The van der Waals surface area contributed by atoms with E-state index in [-0.39, 0.29) is 40.6 Å². The van der Waals surface area contributed by atoms with Crippen LogP contribution in [0.15, 0.2) is 72.1 Å². The summed E-state index contributed by atoms with van der Waals surface area (Å²) in [6.45, 7) is 7.95. The molecule has 2 aliphatic rings. The molecule has 0 radical (unpaired) electrons. The molecule has 1 heterocycles. The maximum Gasteiger partial charge on any atom is 0.251 e. The van der Waals surface area contributed by atoms with Crippen molar-refractivity contribution in [2.24, 2.45) is 11.8 Å². The van der Waals surface area contributed by atoms with Gasteiger partial charge in [-0.1, -0.05) is 50.8 Å². The van der Waals surface area contributed by atoms with Gasteiger partial charge < -0.3 is 10.6 Å². The largest absolute Gasteiger partial charge is 0.349 e. The Kier molecular flexibility index (Phi) is 6.91. The van der Waals surface area contributed by atoms with Crippen molar-refractivity contribution in [1.82, 2.24) is 14.9 Å². The number of hydrogen-bond acceptors (Lipinski definition) is 4. The number of rotatable bonds is 7. The molecule has 1 aliphatic carbocycles. The third-order valence-electron chi connectivity index (χ3n) is 6.79. The first-order chi connectivity index (χ1) is 16.2. The van der Waals surface area contributed by atoms with E-state index in [9.17, 15) is 18.0 Å². The van der Waals surface area contributed by atoms with E-state index in [1.165, 1.54) is 28.1 Å². The van der Waals surface area contributed by atoms with Crippen molar-refractivity contribution in [3.05, 3.63) is 78.4 Å². The van der Waals surface area contributed by atoms with Crippen LogP contribution in [0.5, 0.6) is 0 Å². The Hall–Kier alpha value is -2.97.